The molecule has 30 heavy (non-hydrogen) atoms. The summed E-state index contributed by atoms with van der Waals surface area (Å²) in [6.07, 6.45) is 2.29. The molecule has 3 rings (SSSR count). The number of anilines is 2. The summed E-state index contributed by atoms with van der Waals surface area (Å²) < 4.78 is 56.9. The highest BCUT2D eigenvalue weighted by Gasteiger charge is 2.15. The second-order valence-electron chi connectivity index (χ2n) is 5.82. The number of benzene rings is 2. The van der Waals surface area contributed by atoms with E-state index in [0.29, 0.717) is 11.1 Å². The van der Waals surface area contributed by atoms with Gasteiger partial charge in [-0.15, -0.1) is 0 Å². The lowest BCUT2D eigenvalue weighted by atomic mass is 10.1. The van der Waals surface area contributed by atoms with E-state index in [9.17, 15) is 17.4 Å². The van der Waals surface area contributed by atoms with Gasteiger partial charge in [0.1, 0.15) is 28.4 Å². The predicted octanol–water partition coefficient (Wildman–Crippen LogP) is 4.27. The highest BCUT2D eigenvalue weighted by molar-refractivity contribution is 7.86. The minimum Gasteiger partial charge on any atom is -0.383 e. The van der Waals surface area contributed by atoms with Crippen LogP contribution in [0.25, 0.3) is 0 Å². The van der Waals surface area contributed by atoms with Crippen molar-refractivity contribution >= 4 is 40.3 Å². The van der Waals surface area contributed by atoms with Gasteiger partial charge in [0.25, 0.3) is 0 Å². The fourth-order valence-corrected chi connectivity index (χ4v) is 3.44. The van der Waals surface area contributed by atoms with Crippen LogP contribution in [0.4, 0.5) is 24.7 Å². The summed E-state index contributed by atoms with van der Waals surface area (Å²) >= 11 is 5.66. The Labute approximate surface area is 177 Å². The Balaban J connectivity index is 1.92. The van der Waals surface area contributed by atoms with Crippen LogP contribution >= 0.6 is 11.6 Å². The van der Waals surface area contributed by atoms with Gasteiger partial charge in [0, 0.05) is 23.5 Å². The van der Waals surface area contributed by atoms with Crippen molar-refractivity contribution in [2.75, 3.05) is 10.5 Å². The zero-order valence-electron chi connectivity index (χ0n) is 15.0. The van der Waals surface area contributed by atoms with Gasteiger partial charge < -0.3 is 11.1 Å². The number of nitrogens with two attached hydrogens (primary N) is 1. The Bertz CT molecular complexity index is 1240. The molecule has 0 radical (unpaired) electrons. The number of nitrogens with zero attached hydrogens (tertiary/aromatic N) is 1. The van der Waals surface area contributed by atoms with Gasteiger partial charge >= 0.3 is 0 Å². The van der Waals surface area contributed by atoms with Crippen LogP contribution in [0.5, 0.6) is 0 Å². The van der Waals surface area contributed by atoms with E-state index in [1.54, 1.807) is 0 Å². The molecule has 1 heterocycles. The quantitative estimate of drug-likeness (QED) is 0.411. The van der Waals surface area contributed by atoms with Crippen molar-refractivity contribution < 1.29 is 17.4 Å². The largest absolute Gasteiger partial charge is 0.383 e. The van der Waals surface area contributed by atoms with Gasteiger partial charge in [0.15, 0.2) is 5.82 Å². The maximum atomic E-state index is 14.8. The van der Waals surface area contributed by atoms with E-state index in [4.69, 9.17) is 22.7 Å². The summed E-state index contributed by atoms with van der Waals surface area (Å²) in [5.41, 5.74) is 5.38. The molecule has 3 aromatic rings. The standard InChI is InChI=1S/C20H12ClF3N4OS/c21-15-8-13(2-4-17(15)23)30(29)28-18-6-5-16(22)14(19(18)24)3-1-11-7-12(9-25)20(26)27-10-11/h2,4-10,25,28H,(H2,26,27). The van der Waals surface area contributed by atoms with Crippen LogP contribution in [0.15, 0.2) is 47.5 Å². The van der Waals surface area contributed by atoms with Crippen molar-refractivity contribution in [1.29, 1.82) is 5.41 Å². The normalized spacial score (nSPS) is 11.3. The molecule has 0 bridgehead atoms. The van der Waals surface area contributed by atoms with E-state index in [2.05, 4.69) is 21.5 Å². The monoisotopic (exact) mass is 448 g/mol. The fourth-order valence-electron chi connectivity index (χ4n) is 2.31. The smallest absolute Gasteiger partial charge is 0.165 e. The van der Waals surface area contributed by atoms with Gasteiger partial charge in [-0.1, -0.05) is 23.4 Å². The first-order valence-corrected chi connectivity index (χ1v) is 9.72. The SMILES string of the molecule is N=Cc1cc(C#Cc2c(F)ccc(NS(=O)c3ccc(F)c(Cl)c3)c2F)cnc1N. The third-order valence-electron chi connectivity index (χ3n) is 3.84. The topological polar surface area (TPSA) is 91.9 Å². The maximum Gasteiger partial charge on any atom is 0.165 e. The minimum atomic E-state index is -1.99. The Morgan fingerprint density at radius 1 is 1.13 bits per heavy atom. The zero-order valence-corrected chi connectivity index (χ0v) is 16.5. The van der Waals surface area contributed by atoms with Crippen molar-refractivity contribution in [1.82, 2.24) is 4.98 Å². The highest BCUT2D eigenvalue weighted by atomic mass is 35.5. The Hall–Kier alpha value is -3.35. The zero-order chi connectivity index (χ0) is 21.8. The molecule has 0 aliphatic carbocycles. The van der Waals surface area contributed by atoms with Crippen molar-refractivity contribution in [2.24, 2.45) is 0 Å². The van der Waals surface area contributed by atoms with Gasteiger partial charge in [-0.2, -0.15) is 0 Å². The van der Waals surface area contributed by atoms with E-state index in [-0.39, 0.29) is 21.4 Å². The number of aromatic nitrogens is 1. The molecule has 10 heteroatoms. The summed E-state index contributed by atoms with van der Waals surface area (Å²) in [6, 6.07) is 6.87. The molecule has 0 fully saturated rings. The van der Waals surface area contributed by atoms with Gasteiger partial charge in [0.05, 0.1) is 21.2 Å². The molecule has 0 saturated heterocycles. The molecular formula is C20H12ClF3N4OS. The second-order valence-corrected chi connectivity index (χ2v) is 7.44. The number of nitrogen functional groups attached to an aromatic ring is 1. The van der Waals surface area contributed by atoms with Crippen molar-refractivity contribution in [3.05, 3.63) is 81.8 Å². The van der Waals surface area contributed by atoms with Gasteiger partial charge in [-0.3, -0.25) is 4.72 Å². The van der Waals surface area contributed by atoms with Gasteiger partial charge in [-0.25, -0.2) is 22.4 Å². The predicted molar refractivity (Wildman–Crippen MR) is 110 cm³/mol. The van der Waals surface area contributed by atoms with Crippen molar-refractivity contribution in [3.8, 4) is 11.8 Å². The maximum absolute atomic E-state index is 14.8. The van der Waals surface area contributed by atoms with Crippen LogP contribution in [-0.4, -0.2) is 15.4 Å². The van der Waals surface area contributed by atoms with E-state index >= 15 is 0 Å². The Morgan fingerprint density at radius 3 is 2.57 bits per heavy atom. The summed E-state index contributed by atoms with van der Waals surface area (Å²) in [6.45, 7) is 0. The molecule has 0 amide bonds. The molecule has 152 valence electrons. The van der Waals surface area contributed by atoms with Crippen molar-refractivity contribution in [2.45, 2.75) is 4.90 Å². The van der Waals surface area contributed by atoms with Crippen LogP contribution in [-0.2, 0) is 11.0 Å². The molecule has 5 nitrogen and oxygen atoms in total. The average Bonchev–Trinajstić information content (AvgIpc) is 2.73. The molecular weight excluding hydrogens is 437 g/mol. The summed E-state index contributed by atoms with van der Waals surface area (Å²) in [5.74, 6) is 2.39. The molecule has 1 unspecified atom stereocenters. The van der Waals surface area contributed by atoms with Crippen LogP contribution in [0, 0.1) is 34.7 Å². The first kappa shape index (κ1) is 21.4. The van der Waals surface area contributed by atoms with Gasteiger partial charge in [-0.05, 0) is 36.4 Å². The number of hydrogen-bond acceptors (Lipinski definition) is 4. The first-order valence-electron chi connectivity index (χ1n) is 8.19. The van der Waals surface area contributed by atoms with Crippen LogP contribution in [0.1, 0.15) is 16.7 Å². The number of hydrogen-bond donors (Lipinski definition) is 3. The highest BCUT2D eigenvalue weighted by Crippen LogP contribution is 2.24. The average molecular weight is 449 g/mol. The molecule has 0 spiro atoms. The lowest BCUT2D eigenvalue weighted by Crippen LogP contribution is -2.08. The minimum absolute atomic E-state index is 0.102. The van der Waals surface area contributed by atoms with E-state index < -0.39 is 34.0 Å². The van der Waals surface area contributed by atoms with E-state index in [1.807, 2.05) is 0 Å². The molecule has 2 aromatic carbocycles. The second kappa shape index (κ2) is 8.98. The summed E-state index contributed by atoms with van der Waals surface area (Å²) in [7, 11) is -1.99. The number of halogens is 4. The van der Waals surface area contributed by atoms with Crippen molar-refractivity contribution in [3.63, 3.8) is 0 Å². The third kappa shape index (κ3) is 4.62. The molecule has 1 atom stereocenters. The molecule has 0 saturated carbocycles. The lowest BCUT2D eigenvalue weighted by molar-refractivity contribution is 0.580. The Morgan fingerprint density at radius 2 is 1.87 bits per heavy atom. The van der Waals surface area contributed by atoms with Gasteiger partial charge in [0.2, 0.25) is 0 Å². The van der Waals surface area contributed by atoms with Crippen LogP contribution in [0.3, 0.4) is 0 Å². The number of rotatable bonds is 4. The first-order chi connectivity index (χ1) is 14.3. The number of pyridine rings is 1. The molecule has 0 aliphatic rings. The van der Waals surface area contributed by atoms with E-state index in [1.165, 1.54) is 18.3 Å². The van der Waals surface area contributed by atoms with E-state index in [0.717, 1.165) is 30.5 Å². The van der Waals surface area contributed by atoms with Crippen LogP contribution < -0.4 is 10.5 Å². The molecule has 4 N–H and O–H groups in total. The molecule has 1 aromatic heterocycles. The Kier molecular flexibility index (Phi) is 6.40. The lowest BCUT2D eigenvalue weighted by Gasteiger charge is -2.09. The third-order valence-corrected chi connectivity index (χ3v) is 5.21. The number of nitrogens with one attached hydrogen (secondary N) is 2. The fraction of sp³-hybridized carbons (Fsp3) is 0. The summed E-state index contributed by atoms with van der Waals surface area (Å²) in [5, 5.41) is 7.01. The summed E-state index contributed by atoms with van der Waals surface area (Å²) in [4.78, 5) is 3.96. The molecule has 0 aliphatic heterocycles. The van der Waals surface area contributed by atoms with Crippen LogP contribution in [0.2, 0.25) is 5.02 Å².